The quantitative estimate of drug-likeness (QED) is 0.881. The van der Waals surface area contributed by atoms with Crippen molar-refractivity contribution >= 4 is 18.2 Å². The Bertz CT molecular complexity index is 408. The number of benzene rings is 1. The average Bonchev–Trinajstić information content (AvgIpc) is 2.33. The summed E-state index contributed by atoms with van der Waals surface area (Å²) in [6.07, 6.45) is 1.56. The Labute approximate surface area is 108 Å². The number of ether oxygens (including phenoxy) is 1. The molecule has 1 heterocycles. The Hall–Kier alpha value is -1.06. The molecule has 94 valence electrons. The number of Topliss-reactive ketones (excluding diaryl/α,β-unsaturated/α-hetero) is 1. The summed E-state index contributed by atoms with van der Waals surface area (Å²) in [6, 6.07) is 7.70. The number of hydrogen-bond acceptors (Lipinski definition) is 3. The van der Waals surface area contributed by atoms with Gasteiger partial charge in [-0.2, -0.15) is 0 Å². The van der Waals surface area contributed by atoms with Gasteiger partial charge in [-0.15, -0.1) is 12.4 Å². The van der Waals surface area contributed by atoms with Gasteiger partial charge in [0.15, 0.2) is 5.78 Å². The van der Waals surface area contributed by atoms with Crippen molar-refractivity contribution < 1.29 is 9.53 Å². The highest BCUT2D eigenvalue weighted by Gasteiger charge is 2.38. The predicted octanol–water partition coefficient (Wildman–Crippen LogP) is 2.28. The summed E-state index contributed by atoms with van der Waals surface area (Å²) < 4.78 is 5.32. The van der Waals surface area contributed by atoms with Gasteiger partial charge >= 0.3 is 0 Å². The molecule has 1 aliphatic heterocycles. The zero-order chi connectivity index (χ0) is 11.6. The van der Waals surface area contributed by atoms with Gasteiger partial charge in [-0.05, 0) is 26.0 Å². The van der Waals surface area contributed by atoms with E-state index in [1.807, 2.05) is 31.2 Å². The van der Waals surface area contributed by atoms with Gasteiger partial charge in [0.1, 0.15) is 11.3 Å². The Morgan fingerprint density at radius 1 is 1.35 bits per heavy atom. The number of piperidine rings is 1. The lowest BCUT2D eigenvalue weighted by Crippen LogP contribution is -2.50. The molecule has 0 amide bonds. The maximum Gasteiger partial charge on any atom is 0.157 e. The third-order valence-corrected chi connectivity index (χ3v) is 3.26. The molecule has 1 aromatic rings. The minimum Gasteiger partial charge on any atom is -0.496 e. The van der Waals surface area contributed by atoms with E-state index in [0.717, 1.165) is 24.3 Å². The average molecular weight is 256 g/mol. The third-order valence-electron chi connectivity index (χ3n) is 3.26. The van der Waals surface area contributed by atoms with E-state index in [4.69, 9.17) is 4.74 Å². The van der Waals surface area contributed by atoms with Gasteiger partial charge in [-0.25, -0.2) is 0 Å². The summed E-state index contributed by atoms with van der Waals surface area (Å²) in [5.41, 5.74) is 0.340. The Kier molecular flexibility index (Phi) is 4.54. The van der Waals surface area contributed by atoms with Gasteiger partial charge in [0.25, 0.3) is 0 Å². The lowest BCUT2D eigenvalue weighted by Gasteiger charge is -2.34. The summed E-state index contributed by atoms with van der Waals surface area (Å²) in [7, 11) is 1.63. The molecular weight excluding hydrogens is 238 g/mol. The number of hydrogen-bond donors (Lipinski definition) is 1. The number of ketones is 1. The molecule has 0 aliphatic carbocycles. The Morgan fingerprint density at radius 3 is 2.71 bits per heavy atom. The molecule has 1 saturated heterocycles. The van der Waals surface area contributed by atoms with Gasteiger partial charge < -0.3 is 10.1 Å². The van der Waals surface area contributed by atoms with Gasteiger partial charge in [0.2, 0.25) is 0 Å². The van der Waals surface area contributed by atoms with Crippen molar-refractivity contribution in [2.24, 2.45) is 0 Å². The second-order valence-corrected chi connectivity index (χ2v) is 4.28. The monoisotopic (exact) mass is 255 g/mol. The molecular formula is C13H18ClNO2. The van der Waals surface area contributed by atoms with Crippen molar-refractivity contribution in [1.82, 2.24) is 5.32 Å². The topological polar surface area (TPSA) is 38.3 Å². The first kappa shape index (κ1) is 14.0. The molecule has 0 radical (unpaired) electrons. The standard InChI is InChI=1S/C13H17NO2.ClH/c1-13(12(15)8-5-9-14-13)10-6-3-4-7-11(10)16-2;/h3-4,6-7,14H,5,8-9H2,1-2H3;1H. The fourth-order valence-electron chi connectivity index (χ4n) is 2.24. The largest absolute Gasteiger partial charge is 0.496 e. The van der Waals surface area contributed by atoms with E-state index in [0.29, 0.717) is 6.42 Å². The third kappa shape index (κ3) is 2.45. The molecule has 0 spiro atoms. The molecule has 3 nitrogen and oxygen atoms in total. The van der Waals surface area contributed by atoms with Crippen molar-refractivity contribution in [3.05, 3.63) is 29.8 Å². The fourth-order valence-corrected chi connectivity index (χ4v) is 2.24. The van der Waals surface area contributed by atoms with Crippen LogP contribution in [0.4, 0.5) is 0 Å². The Morgan fingerprint density at radius 2 is 2.06 bits per heavy atom. The first-order valence-electron chi connectivity index (χ1n) is 5.60. The number of nitrogens with one attached hydrogen (secondary N) is 1. The van der Waals surface area contributed by atoms with Crippen molar-refractivity contribution in [1.29, 1.82) is 0 Å². The van der Waals surface area contributed by atoms with Crippen LogP contribution < -0.4 is 10.1 Å². The molecule has 1 atom stereocenters. The van der Waals surface area contributed by atoms with Crippen LogP contribution in [0.1, 0.15) is 25.3 Å². The summed E-state index contributed by atoms with van der Waals surface area (Å²) in [4.78, 5) is 12.1. The molecule has 0 bridgehead atoms. The van der Waals surface area contributed by atoms with Crippen LogP contribution in [-0.4, -0.2) is 19.4 Å². The molecule has 2 rings (SSSR count). The lowest BCUT2D eigenvalue weighted by atomic mass is 9.82. The first-order valence-corrected chi connectivity index (χ1v) is 5.60. The number of carbonyl (C=O) groups is 1. The molecule has 1 unspecified atom stereocenters. The van der Waals surface area contributed by atoms with E-state index in [1.54, 1.807) is 7.11 Å². The van der Waals surface area contributed by atoms with Crippen molar-refractivity contribution in [2.45, 2.75) is 25.3 Å². The predicted molar refractivity (Wildman–Crippen MR) is 69.8 cm³/mol. The summed E-state index contributed by atoms with van der Waals surface area (Å²) in [5, 5.41) is 3.31. The molecule has 17 heavy (non-hydrogen) atoms. The summed E-state index contributed by atoms with van der Waals surface area (Å²) in [6.45, 7) is 2.81. The molecule has 1 aliphatic rings. The highest BCUT2D eigenvalue weighted by molar-refractivity contribution is 5.90. The van der Waals surface area contributed by atoms with Crippen LogP contribution in [0, 0.1) is 0 Å². The van der Waals surface area contributed by atoms with Crippen molar-refractivity contribution in [2.75, 3.05) is 13.7 Å². The highest BCUT2D eigenvalue weighted by Crippen LogP contribution is 2.33. The SMILES string of the molecule is COc1ccccc1C1(C)NCCCC1=O.Cl. The van der Waals surface area contributed by atoms with Gasteiger partial charge in [-0.3, -0.25) is 4.79 Å². The van der Waals surface area contributed by atoms with E-state index in [9.17, 15) is 4.79 Å². The normalized spacial score (nSPS) is 24.0. The van der Waals surface area contributed by atoms with Gasteiger partial charge in [0, 0.05) is 12.0 Å². The maximum atomic E-state index is 12.1. The first-order chi connectivity index (χ1) is 7.68. The van der Waals surface area contributed by atoms with E-state index >= 15 is 0 Å². The van der Waals surface area contributed by atoms with E-state index in [1.165, 1.54) is 0 Å². The van der Waals surface area contributed by atoms with Crippen LogP contribution in [0.25, 0.3) is 0 Å². The van der Waals surface area contributed by atoms with Crippen molar-refractivity contribution in [3.63, 3.8) is 0 Å². The summed E-state index contributed by atoms with van der Waals surface area (Å²) in [5.74, 6) is 1.01. The molecule has 1 aromatic carbocycles. The number of carbonyl (C=O) groups excluding carboxylic acids is 1. The fraction of sp³-hybridized carbons (Fsp3) is 0.462. The number of halogens is 1. The number of methoxy groups -OCH3 is 1. The smallest absolute Gasteiger partial charge is 0.157 e. The van der Waals surface area contributed by atoms with Crippen molar-refractivity contribution in [3.8, 4) is 5.75 Å². The minimum absolute atomic E-state index is 0. The molecule has 4 heteroatoms. The maximum absolute atomic E-state index is 12.1. The summed E-state index contributed by atoms with van der Waals surface area (Å²) >= 11 is 0. The lowest BCUT2D eigenvalue weighted by molar-refractivity contribution is -0.126. The number of rotatable bonds is 2. The van der Waals surface area contributed by atoms with Crippen LogP contribution in [-0.2, 0) is 10.3 Å². The molecule has 0 aromatic heterocycles. The van der Waals surface area contributed by atoms with Crippen LogP contribution in [0.15, 0.2) is 24.3 Å². The highest BCUT2D eigenvalue weighted by atomic mass is 35.5. The van der Waals surface area contributed by atoms with E-state index < -0.39 is 5.54 Å². The van der Waals surface area contributed by atoms with Crippen LogP contribution in [0.2, 0.25) is 0 Å². The van der Waals surface area contributed by atoms with Crippen LogP contribution in [0.5, 0.6) is 5.75 Å². The second kappa shape index (κ2) is 5.52. The zero-order valence-electron chi connectivity index (χ0n) is 10.2. The second-order valence-electron chi connectivity index (χ2n) is 4.28. The van der Waals surface area contributed by atoms with E-state index in [2.05, 4.69) is 5.32 Å². The van der Waals surface area contributed by atoms with E-state index in [-0.39, 0.29) is 18.2 Å². The van der Waals surface area contributed by atoms with Gasteiger partial charge in [0.05, 0.1) is 7.11 Å². The van der Waals surface area contributed by atoms with Gasteiger partial charge in [-0.1, -0.05) is 18.2 Å². The van der Waals surface area contributed by atoms with Crippen LogP contribution >= 0.6 is 12.4 Å². The number of para-hydroxylation sites is 1. The van der Waals surface area contributed by atoms with Crippen LogP contribution in [0.3, 0.4) is 0 Å². The molecule has 0 saturated carbocycles. The molecule has 1 N–H and O–H groups in total. The Balaban J connectivity index is 0.00000144. The minimum atomic E-state index is -0.592. The molecule has 1 fully saturated rings. The zero-order valence-corrected chi connectivity index (χ0v) is 11.0.